The molecule has 49 heavy (non-hydrogen) atoms. The van der Waals surface area contributed by atoms with Crippen LogP contribution in [0.4, 0.5) is 5.69 Å². The van der Waals surface area contributed by atoms with Crippen LogP contribution in [0.1, 0.15) is 55.7 Å². The lowest BCUT2D eigenvalue weighted by Gasteiger charge is -2.35. The second-order valence-corrected chi connectivity index (χ2v) is 14.7. The highest BCUT2D eigenvalue weighted by atomic mass is 35.5. The highest BCUT2D eigenvalue weighted by Gasteiger charge is 2.36. The number of nitrogens with one attached hydrogen (secondary N) is 1. The van der Waals surface area contributed by atoms with Gasteiger partial charge in [0, 0.05) is 24.0 Å². The van der Waals surface area contributed by atoms with Crippen LogP contribution < -0.4 is 14.4 Å². The Hall–Kier alpha value is -4.34. The lowest BCUT2D eigenvalue weighted by atomic mass is 9.94. The molecular formula is C39H44ClN3O5S. The molecule has 0 radical (unpaired) electrons. The Balaban J connectivity index is 1.59. The molecule has 10 heteroatoms. The number of hydrogen-bond acceptors (Lipinski definition) is 5. The highest BCUT2D eigenvalue weighted by molar-refractivity contribution is 7.92. The molecule has 0 aliphatic heterocycles. The number of sulfonamides is 1. The fourth-order valence-corrected chi connectivity index (χ4v) is 7.73. The summed E-state index contributed by atoms with van der Waals surface area (Å²) in [4.78, 5) is 30.6. The van der Waals surface area contributed by atoms with Gasteiger partial charge in [-0.15, -0.1) is 0 Å². The first kappa shape index (κ1) is 36.0. The third-order valence-corrected chi connectivity index (χ3v) is 10.8. The van der Waals surface area contributed by atoms with E-state index in [2.05, 4.69) is 5.32 Å². The fourth-order valence-electron chi connectivity index (χ4n) is 6.18. The summed E-state index contributed by atoms with van der Waals surface area (Å²) in [6.07, 6.45) is 5.25. The molecule has 0 spiro atoms. The zero-order valence-electron chi connectivity index (χ0n) is 28.1. The zero-order valence-corrected chi connectivity index (χ0v) is 29.6. The normalized spacial score (nSPS) is 14.1. The monoisotopic (exact) mass is 701 g/mol. The molecule has 1 atom stereocenters. The Kier molecular flexibility index (Phi) is 12.4. The molecule has 1 fully saturated rings. The van der Waals surface area contributed by atoms with Gasteiger partial charge < -0.3 is 15.0 Å². The van der Waals surface area contributed by atoms with Crippen molar-refractivity contribution in [1.82, 2.24) is 10.2 Å². The lowest BCUT2D eigenvalue weighted by molar-refractivity contribution is -0.140. The van der Waals surface area contributed by atoms with E-state index in [0.717, 1.165) is 53.1 Å². The Morgan fingerprint density at radius 1 is 0.857 bits per heavy atom. The van der Waals surface area contributed by atoms with Crippen molar-refractivity contribution in [3.63, 3.8) is 0 Å². The van der Waals surface area contributed by atoms with E-state index in [-0.39, 0.29) is 35.5 Å². The third-order valence-electron chi connectivity index (χ3n) is 8.81. The Labute approximate surface area is 295 Å². The summed E-state index contributed by atoms with van der Waals surface area (Å²) in [5.41, 5.74) is 2.99. The molecule has 1 saturated carbocycles. The van der Waals surface area contributed by atoms with Gasteiger partial charge in [-0.25, -0.2) is 8.42 Å². The van der Waals surface area contributed by atoms with E-state index in [1.165, 1.54) is 29.2 Å². The van der Waals surface area contributed by atoms with Crippen molar-refractivity contribution in [2.24, 2.45) is 0 Å². The van der Waals surface area contributed by atoms with E-state index in [4.69, 9.17) is 16.3 Å². The third kappa shape index (κ3) is 9.43. The highest BCUT2D eigenvalue weighted by Crippen LogP contribution is 2.33. The van der Waals surface area contributed by atoms with Gasteiger partial charge in [-0.3, -0.25) is 13.9 Å². The van der Waals surface area contributed by atoms with E-state index >= 15 is 0 Å². The molecule has 0 heterocycles. The van der Waals surface area contributed by atoms with Crippen LogP contribution in [0.15, 0.2) is 108 Å². The molecule has 2 amide bonds. The lowest BCUT2D eigenvalue weighted by Crippen LogP contribution is -2.55. The predicted octanol–water partition coefficient (Wildman–Crippen LogP) is 7.33. The van der Waals surface area contributed by atoms with Crippen LogP contribution in [-0.2, 0) is 32.6 Å². The maximum atomic E-state index is 14.8. The first-order valence-electron chi connectivity index (χ1n) is 16.8. The maximum Gasteiger partial charge on any atom is 0.264 e. The van der Waals surface area contributed by atoms with E-state index in [0.29, 0.717) is 17.4 Å². The van der Waals surface area contributed by atoms with Crippen molar-refractivity contribution in [3.8, 4) is 5.75 Å². The number of anilines is 1. The largest absolute Gasteiger partial charge is 0.492 e. The van der Waals surface area contributed by atoms with Crippen molar-refractivity contribution in [1.29, 1.82) is 0 Å². The molecule has 0 bridgehead atoms. The number of rotatable bonds is 14. The number of benzene rings is 4. The van der Waals surface area contributed by atoms with Gasteiger partial charge in [0.15, 0.2) is 0 Å². The zero-order chi connectivity index (χ0) is 34.8. The smallest absolute Gasteiger partial charge is 0.264 e. The minimum Gasteiger partial charge on any atom is -0.492 e. The van der Waals surface area contributed by atoms with Crippen molar-refractivity contribution in [3.05, 3.63) is 125 Å². The molecule has 0 saturated heterocycles. The van der Waals surface area contributed by atoms with Crippen molar-refractivity contribution >= 4 is 39.1 Å². The minimum absolute atomic E-state index is 0.0238. The summed E-state index contributed by atoms with van der Waals surface area (Å²) in [6.45, 7) is 3.62. The fraction of sp³-hybridized carbons (Fsp3) is 0.333. The molecule has 1 N–H and O–H groups in total. The quantitative estimate of drug-likeness (QED) is 0.149. The van der Waals surface area contributed by atoms with Gasteiger partial charge in [-0.1, -0.05) is 103 Å². The molecule has 4 aromatic carbocycles. The Morgan fingerprint density at radius 2 is 1.51 bits per heavy atom. The number of aryl methyl sites for hydroxylation is 1. The minimum atomic E-state index is -4.30. The summed E-state index contributed by atoms with van der Waals surface area (Å²) in [6, 6.07) is 29.1. The van der Waals surface area contributed by atoms with Crippen molar-refractivity contribution < 1.29 is 22.7 Å². The number of carbonyl (C=O) groups is 2. The molecule has 1 aliphatic rings. The number of hydrogen-bond donors (Lipinski definition) is 1. The number of amides is 2. The van der Waals surface area contributed by atoms with E-state index < -0.39 is 28.5 Å². The standard InChI is InChI=1S/C39H44ClN3O5S/c1-3-48-37-17-11-10-16-35(37)43(49(46,47)34-24-22-32(40)23-25-34)28-38(44)42(27-31-20-18-29(2)19-21-31)36(26-30-12-6-4-7-13-30)39(45)41-33-14-8-5-9-15-33/h4,6-7,10-13,16-25,33,36H,3,5,8-9,14-15,26-28H2,1-2H3,(H,41,45)/t36-/m1/s1. The van der Waals surface area contributed by atoms with Crippen molar-refractivity contribution in [2.45, 2.75) is 75.9 Å². The van der Waals surface area contributed by atoms with Gasteiger partial charge >= 0.3 is 0 Å². The molecule has 258 valence electrons. The summed E-state index contributed by atoms with van der Waals surface area (Å²) >= 11 is 6.11. The van der Waals surface area contributed by atoms with Gasteiger partial charge in [-0.2, -0.15) is 0 Å². The predicted molar refractivity (Wildman–Crippen MR) is 194 cm³/mol. The van der Waals surface area contributed by atoms with Crippen molar-refractivity contribution in [2.75, 3.05) is 17.5 Å². The molecule has 1 aliphatic carbocycles. The van der Waals surface area contributed by atoms with E-state index in [9.17, 15) is 18.0 Å². The topological polar surface area (TPSA) is 96.0 Å². The number of halogens is 1. The average molecular weight is 702 g/mol. The number of carbonyl (C=O) groups excluding carboxylic acids is 2. The van der Waals surface area contributed by atoms with Crippen LogP contribution >= 0.6 is 11.6 Å². The molecular weight excluding hydrogens is 658 g/mol. The van der Waals surface area contributed by atoms with Crippen LogP contribution in [0.25, 0.3) is 0 Å². The molecule has 0 unspecified atom stereocenters. The Morgan fingerprint density at radius 3 is 2.18 bits per heavy atom. The van der Waals surface area contributed by atoms with Crippen LogP contribution in [-0.4, -0.2) is 50.4 Å². The summed E-state index contributed by atoms with van der Waals surface area (Å²) in [5.74, 6) is -0.460. The number of ether oxygens (including phenoxy) is 1. The number of nitrogens with zero attached hydrogens (tertiary/aromatic N) is 2. The Bertz CT molecular complexity index is 1790. The van der Waals surface area contributed by atoms with Gasteiger partial charge in [-0.05, 0) is 74.2 Å². The van der Waals surface area contributed by atoms with Gasteiger partial charge in [0.1, 0.15) is 18.3 Å². The van der Waals surface area contributed by atoms with E-state index in [1.54, 1.807) is 24.3 Å². The van der Waals surface area contributed by atoms with Crippen LogP contribution in [0.2, 0.25) is 5.02 Å². The van der Waals surface area contributed by atoms with Gasteiger partial charge in [0.2, 0.25) is 11.8 Å². The van der Waals surface area contributed by atoms with Gasteiger partial charge in [0.05, 0.1) is 17.2 Å². The summed E-state index contributed by atoms with van der Waals surface area (Å²) in [5, 5.41) is 3.63. The number of para-hydroxylation sites is 2. The average Bonchev–Trinajstić information content (AvgIpc) is 3.11. The summed E-state index contributed by atoms with van der Waals surface area (Å²) in [7, 11) is -4.30. The molecule has 5 rings (SSSR count). The first-order chi connectivity index (χ1) is 23.7. The second-order valence-electron chi connectivity index (χ2n) is 12.4. The SMILES string of the molecule is CCOc1ccccc1N(CC(=O)N(Cc1ccc(C)cc1)[C@H](Cc1ccccc1)C(=O)NC1CCCCC1)S(=O)(=O)c1ccc(Cl)cc1. The maximum absolute atomic E-state index is 14.8. The van der Waals surface area contributed by atoms with Crippen LogP contribution in [0, 0.1) is 6.92 Å². The molecule has 0 aromatic heterocycles. The van der Waals surface area contributed by atoms with Gasteiger partial charge in [0.25, 0.3) is 10.0 Å². The molecule has 8 nitrogen and oxygen atoms in total. The van der Waals surface area contributed by atoms with Crippen LogP contribution in [0.5, 0.6) is 5.75 Å². The summed E-state index contributed by atoms with van der Waals surface area (Å²) < 4.78 is 35.7. The first-order valence-corrected chi connectivity index (χ1v) is 18.7. The van der Waals surface area contributed by atoms with Crippen LogP contribution in [0.3, 0.4) is 0 Å². The second kappa shape index (κ2) is 16.9. The molecule has 4 aromatic rings. The van der Waals surface area contributed by atoms with E-state index in [1.807, 2.05) is 68.4 Å².